The molecule has 2 heterocycles. The molecule has 2 N–H and O–H groups in total. The van der Waals surface area contributed by atoms with Gasteiger partial charge in [-0.05, 0) is 29.7 Å². The van der Waals surface area contributed by atoms with Crippen LogP contribution in [0.5, 0.6) is 0 Å². The van der Waals surface area contributed by atoms with Crippen molar-refractivity contribution in [3.8, 4) is 0 Å². The minimum atomic E-state index is -3.72. The van der Waals surface area contributed by atoms with Gasteiger partial charge in [-0.3, -0.25) is 4.79 Å². The molecule has 2 aliphatic rings. The molecule has 1 atom stereocenters. The van der Waals surface area contributed by atoms with Gasteiger partial charge in [-0.2, -0.15) is 0 Å². The number of sulfonamides is 1. The molecule has 0 radical (unpaired) electrons. The highest BCUT2D eigenvalue weighted by Gasteiger charge is 2.32. The number of amides is 1. The highest BCUT2D eigenvalue weighted by molar-refractivity contribution is 9.10. The molecule has 0 bridgehead atoms. The van der Waals surface area contributed by atoms with Crippen molar-refractivity contribution < 1.29 is 18.1 Å². The van der Waals surface area contributed by atoms with Crippen molar-refractivity contribution >= 4 is 37.5 Å². The molecule has 166 valence electrons. The number of nitrogens with one attached hydrogen (secondary N) is 2. The summed E-state index contributed by atoms with van der Waals surface area (Å²) in [7, 11) is -3.72. The normalized spacial score (nSPS) is 18.0. The summed E-state index contributed by atoms with van der Waals surface area (Å²) in [5, 5.41) is 0. The molecule has 0 fully saturated rings. The molecule has 1 amide bonds. The molecular weight excluding hydrogens is 478 g/mol. The number of nitrogens with zero attached hydrogens (tertiary/aromatic N) is 1. The van der Waals surface area contributed by atoms with E-state index in [0.717, 1.165) is 38.0 Å². The van der Waals surface area contributed by atoms with Crippen LogP contribution in [0.3, 0.4) is 0 Å². The third kappa shape index (κ3) is 4.87. The van der Waals surface area contributed by atoms with E-state index < -0.39 is 10.0 Å². The smallest absolute Gasteiger partial charge is 0.242 e. The summed E-state index contributed by atoms with van der Waals surface area (Å²) in [4.78, 5) is 15.7. The van der Waals surface area contributed by atoms with Gasteiger partial charge < -0.3 is 9.80 Å². The van der Waals surface area contributed by atoms with Crippen molar-refractivity contribution in [2.45, 2.75) is 44.0 Å². The zero-order valence-corrected chi connectivity index (χ0v) is 20.2. The Hall–Kier alpha value is -1.74. The van der Waals surface area contributed by atoms with Crippen LogP contribution in [0.2, 0.25) is 0 Å². The van der Waals surface area contributed by atoms with Crippen molar-refractivity contribution in [2.75, 3.05) is 31.1 Å². The van der Waals surface area contributed by atoms with Gasteiger partial charge in [0.25, 0.3) is 0 Å². The average molecular weight is 507 g/mol. The van der Waals surface area contributed by atoms with Gasteiger partial charge in [0, 0.05) is 42.4 Å². The van der Waals surface area contributed by atoms with E-state index in [1.54, 1.807) is 17.9 Å². The lowest BCUT2D eigenvalue weighted by Gasteiger charge is -2.26. The second kappa shape index (κ2) is 9.40. The van der Waals surface area contributed by atoms with Gasteiger partial charge in [-0.1, -0.05) is 47.1 Å². The zero-order valence-electron chi connectivity index (χ0n) is 17.8. The van der Waals surface area contributed by atoms with Crippen LogP contribution in [0.15, 0.2) is 45.8 Å². The topological polar surface area (TPSA) is 70.9 Å². The van der Waals surface area contributed by atoms with E-state index in [1.165, 1.54) is 16.0 Å². The SMILES string of the molecule is CCC(=O)N1CCc2cc(Br)cc(S(=O)(=O)NCCC[NH+]3CCc4ccccc4C3)c21. The van der Waals surface area contributed by atoms with Gasteiger partial charge in [-0.25, -0.2) is 13.1 Å². The third-order valence-corrected chi connectivity index (χ3v) is 8.12. The van der Waals surface area contributed by atoms with Crippen molar-refractivity contribution in [1.82, 2.24) is 4.72 Å². The first-order valence-electron chi connectivity index (χ1n) is 10.9. The van der Waals surface area contributed by atoms with E-state index in [4.69, 9.17) is 0 Å². The number of hydrogen-bond acceptors (Lipinski definition) is 3. The summed E-state index contributed by atoms with van der Waals surface area (Å²) >= 11 is 3.43. The molecule has 2 aliphatic heterocycles. The van der Waals surface area contributed by atoms with E-state index in [1.807, 2.05) is 6.07 Å². The summed E-state index contributed by atoms with van der Waals surface area (Å²) in [6.45, 7) is 5.71. The molecule has 0 spiro atoms. The molecule has 2 aromatic rings. The van der Waals surface area contributed by atoms with Gasteiger partial charge in [0.1, 0.15) is 11.4 Å². The summed E-state index contributed by atoms with van der Waals surface area (Å²) in [5.41, 5.74) is 4.27. The van der Waals surface area contributed by atoms with Crippen molar-refractivity contribution in [1.29, 1.82) is 0 Å². The van der Waals surface area contributed by atoms with E-state index in [-0.39, 0.29) is 10.8 Å². The Morgan fingerprint density at radius 3 is 2.71 bits per heavy atom. The van der Waals surface area contributed by atoms with Crippen LogP contribution in [0.25, 0.3) is 0 Å². The van der Waals surface area contributed by atoms with Crippen LogP contribution in [0, 0.1) is 0 Å². The number of rotatable bonds is 7. The van der Waals surface area contributed by atoms with Crippen LogP contribution in [-0.2, 0) is 34.2 Å². The second-order valence-corrected chi connectivity index (χ2v) is 10.9. The lowest BCUT2D eigenvalue weighted by molar-refractivity contribution is -0.916. The lowest BCUT2D eigenvalue weighted by atomic mass is 10.00. The van der Waals surface area contributed by atoms with Crippen LogP contribution in [0.1, 0.15) is 36.5 Å². The van der Waals surface area contributed by atoms with Crippen molar-refractivity contribution in [2.24, 2.45) is 0 Å². The quantitative estimate of drug-likeness (QED) is 0.564. The van der Waals surface area contributed by atoms with Crippen LogP contribution in [0.4, 0.5) is 5.69 Å². The fraction of sp³-hybridized carbons (Fsp3) is 0.435. The van der Waals surface area contributed by atoms with Gasteiger partial charge in [0.05, 0.1) is 18.8 Å². The number of hydrogen-bond donors (Lipinski definition) is 2. The fourth-order valence-electron chi connectivity index (χ4n) is 4.59. The van der Waals surface area contributed by atoms with E-state index >= 15 is 0 Å². The van der Waals surface area contributed by atoms with Crippen LogP contribution < -0.4 is 14.5 Å². The Morgan fingerprint density at radius 1 is 1.16 bits per heavy atom. The number of carbonyl (C=O) groups excluding carboxylic acids is 1. The first-order chi connectivity index (χ1) is 14.9. The molecule has 0 aliphatic carbocycles. The summed E-state index contributed by atoms with van der Waals surface area (Å²) < 4.78 is 29.8. The summed E-state index contributed by atoms with van der Waals surface area (Å²) in [6, 6.07) is 12.1. The fourth-order valence-corrected chi connectivity index (χ4v) is 6.60. The molecule has 31 heavy (non-hydrogen) atoms. The Balaban J connectivity index is 1.40. The minimum Gasteiger partial charge on any atom is -0.331 e. The molecule has 4 rings (SSSR count). The number of carbonyl (C=O) groups is 1. The standard InChI is InChI=1S/C23H28BrN3O3S/c1-2-22(28)27-13-9-18-14-20(24)15-21(23(18)27)31(29,30)25-10-5-11-26-12-8-17-6-3-4-7-19(17)16-26/h3-4,6-7,14-15,25H,2,5,8-13,16H2,1H3/p+1. The molecule has 6 nitrogen and oxygen atoms in total. The Morgan fingerprint density at radius 2 is 1.94 bits per heavy atom. The predicted molar refractivity (Wildman–Crippen MR) is 125 cm³/mol. The van der Waals surface area contributed by atoms with E-state index in [9.17, 15) is 13.2 Å². The van der Waals surface area contributed by atoms with Crippen LogP contribution in [-0.4, -0.2) is 40.5 Å². The zero-order chi connectivity index (χ0) is 22.0. The summed E-state index contributed by atoms with van der Waals surface area (Å²) in [6.07, 6.45) is 2.86. The minimum absolute atomic E-state index is 0.0495. The number of quaternary nitrogens is 1. The third-order valence-electron chi connectivity index (χ3n) is 6.19. The molecule has 1 unspecified atom stereocenters. The maximum absolute atomic E-state index is 13.1. The molecule has 0 aromatic heterocycles. The number of fused-ring (bicyclic) bond motifs is 2. The number of benzene rings is 2. The van der Waals surface area contributed by atoms with E-state index in [0.29, 0.717) is 36.1 Å². The first-order valence-corrected chi connectivity index (χ1v) is 13.2. The van der Waals surface area contributed by atoms with Gasteiger partial charge >= 0.3 is 0 Å². The lowest BCUT2D eigenvalue weighted by Crippen LogP contribution is -3.11. The van der Waals surface area contributed by atoms with Gasteiger partial charge in [-0.15, -0.1) is 0 Å². The van der Waals surface area contributed by atoms with Gasteiger partial charge in [0.2, 0.25) is 15.9 Å². The highest BCUT2D eigenvalue weighted by atomic mass is 79.9. The molecule has 0 saturated heterocycles. The maximum Gasteiger partial charge on any atom is 0.242 e. The van der Waals surface area contributed by atoms with E-state index in [2.05, 4.69) is 44.9 Å². The van der Waals surface area contributed by atoms with Crippen molar-refractivity contribution in [3.05, 3.63) is 57.6 Å². The Bertz CT molecular complexity index is 1090. The Labute approximate surface area is 192 Å². The monoisotopic (exact) mass is 506 g/mol. The second-order valence-electron chi connectivity index (χ2n) is 8.26. The first kappa shape index (κ1) is 22.5. The molecule has 8 heteroatoms. The molecule has 0 saturated carbocycles. The predicted octanol–water partition coefficient (Wildman–Crippen LogP) is 2.06. The van der Waals surface area contributed by atoms with Crippen molar-refractivity contribution in [3.63, 3.8) is 0 Å². The maximum atomic E-state index is 13.1. The number of anilines is 1. The summed E-state index contributed by atoms with van der Waals surface area (Å²) in [5.74, 6) is -0.0495. The number of halogens is 1. The largest absolute Gasteiger partial charge is 0.331 e. The molecular formula is C23H29BrN3O3S+. The Kier molecular flexibility index (Phi) is 6.81. The highest BCUT2D eigenvalue weighted by Crippen LogP contribution is 2.37. The average Bonchev–Trinajstić information content (AvgIpc) is 3.19. The molecule has 2 aromatic carbocycles. The van der Waals surface area contributed by atoms with Gasteiger partial charge in [0.15, 0.2) is 0 Å². The van der Waals surface area contributed by atoms with Crippen LogP contribution >= 0.6 is 15.9 Å².